The standard InChI is InChI=1S/C13H21NO2/c1-3-12(7-8-15)14-10-11-5-4-6-13(9-11)16-2/h4-6,9,12,14-15H,3,7-8,10H2,1-2H3. The lowest BCUT2D eigenvalue weighted by atomic mass is 10.1. The molecule has 0 fully saturated rings. The largest absolute Gasteiger partial charge is 0.497 e. The van der Waals surface area contributed by atoms with Crippen molar-refractivity contribution in [3.63, 3.8) is 0 Å². The zero-order chi connectivity index (χ0) is 11.8. The average molecular weight is 223 g/mol. The Hall–Kier alpha value is -1.06. The Morgan fingerprint density at radius 3 is 2.88 bits per heavy atom. The molecule has 1 rings (SSSR count). The number of benzene rings is 1. The molecule has 0 spiro atoms. The summed E-state index contributed by atoms with van der Waals surface area (Å²) in [5.41, 5.74) is 1.20. The van der Waals surface area contributed by atoms with Gasteiger partial charge in [-0.25, -0.2) is 0 Å². The van der Waals surface area contributed by atoms with Crippen LogP contribution in [0.15, 0.2) is 24.3 Å². The van der Waals surface area contributed by atoms with E-state index >= 15 is 0 Å². The molecule has 3 heteroatoms. The second kappa shape index (κ2) is 7.25. The summed E-state index contributed by atoms with van der Waals surface area (Å²) in [5, 5.41) is 12.3. The topological polar surface area (TPSA) is 41.5 Å². The number of methoxy groups -OCH3 is 1. The highest BCUT2D eigenvalue weighted by Crippen LogP contribution is 2.12. The van der Waals surface area contributed by atoms with Crippen LogP contribution in [0.25, 0.3) is 0 Å². The van der Waals surface area contributed by atoms with Gasteiger partial charge < -0.3 is 15.2 Å². The van der Waals surface area contributed by atoms with Crippen LogP contribution in [-0.2, 0) is 6.54 Å². The van der Waals surface area contributed by atoms with Gasteiger partial charge in [0.25, 0.3) is 0 Å². The molecule has 0 aliphatic rings. The number of aliphatic hydroxyl groups excluding tert-OH is 1. The number of rotatable bonds is 7. The summed E-state index contributed by atoms with van der Waals surface area (Å²) >= 11 is 0. The van der Waals surface area contributed by atoms with Gasteiger partial charge in [-0.2, -0.15) is 0 Å². The highest BCUT2D eigenvalue weighted by Gasteiger charge is 2.04. The summed E-state index contributed by atoms with van der Waals surface area (Å²) < 4.78 is 5.17. The monoisotopic (exact) mass is 223 g/mol. The van der Waals surface area contributed by atoms with Gasteiger partial charge in [0.05, 0.1) is 7.11 Å². The molecule has 0 radical (unpaired) electrons. The molecule has 1 aromatic rings. The molecule has 1 aromatic carbocycles. The van der Waals surface area contributed by atoms with Crippen molar-refractivity contribution in [1.29, 1.82) is 0 Å². The van der Waals surface area contributed by atoms with Crippen LogP contribution in [0, 0.1) is 0 Å². The second-order valence-electron chi connectivity index (χ2n) is 3.85. The van der Waals surface area contributed by atoms with Gasteiger partial charge in [-0.05, 0) is 30.5 Å². The van der Waals surface area contributed by atoms with Crippen molar-refractivity contribution < 1.29 is 9.84 Å². The molecule has 1 unspecified atom stereocenters. The minimum Gasteiger partial charge on any atom is -0.497 e. The fourth-order valence-electron chi connectivity index (χ4n) is 1.65. The fourth-order valence-corrected chi connectivity index (χ4v) is 1.65. The van der Waals surface area contributed by atoms with Crippen LogP contribution in [0.2, 0.25) is 0 Å². The molecule has 3 nitrogen and oxygen atoms in total. The van der Waals surface area contributed by atoms with E-state index in [1.54, 1.807) is 7.11 Å². The summed E-state index contributed by atoms with van der Waals surface area (Å²) in [7, 11) is 1.67. The lowest BCUT2D eigenvalue weighted by Gasteiger charge is -2.15. The van der Waals surface area contributed by atoms with Crippen LogP contribution in [0.3, 0.4) is 0 Å². The van der Waals surface area contributed by atoms with E-state index in [0.717, 1.165) is 25.1 Å². The van der Waals surface area contributed by atoms with Gasteiger partial charge in [0.2, 0.25) is 0 Å². The zero-order valence-corrected chi connectivity index (χ0v) is 10.1. The molecule has 0 aromatic heterocycles. The summed E-state index contributed by atoms with van der Waals surface area (Å²) in [6.07, 6.45) is 1.84. The molecule has 2 N–H and O–H groups in total. The molecule has 0 amide bonds. The van der Waals surface area contributed by atoms with E-state index in [0.29, 0.717) is 6.04 Å². The van der Waals surface area contributed by atoms with Gasteiger partial charge in [0.15, 0.2) is 0 Å². The van der Waals surface area contributed by atoms with Gasteiger partial charge >= 0.3 is 0 Å². The number of ether oxygens (including phenoxy) is 1. The third kappa shape index (κ3) is 4.21. The lowest BCUT2D eigenvalue weighted by Crippen LogP contribution is -2.28. The van der Waals surface area contributed by atoms with Crippen LogP contribution in [0.4, 0.5) is 0 Å². The molecule has 90 valence electrons. The molecule has 0 saturated carbocycles. The summed E-state index contributed by atoms with van der Waals surface area (Å²) in [4.78, 5) is 0. The van der Waals surface area contributed by atoms with Crippen LogP contribution in [-0.4, -0.2) is 24.9 Å². The third-order valence-electron chi connectivity index (χ3n) is 2.70. The van der Waals surface area contributed by atoms with Crippen LogP contribution < -0.4 is 10.1 Å². The SMILES string of the molecule is CCC(CCO)NCc1cccc(OC)c1. The van der Waals surface area contributed by atoms with E-state index in [4.69, 9.17) is 9.84 Å². The molecule has 0 bridgehead atoms. The highest BCUT2D eigenvalue weighted by atomic mass is 16.5. The van der Waals surface area contributed by atoms with Crippen molar-refractivity contribution >= 4 is 0 Å². The first-order valence-electron chi connectivity index (χ1n) is 5.77. The van der Waals surface area contributed by atoms with Crippen molar-refractivity contribution in [3.05, 3.63) is 29.8 Å². The van der Waals surface area contributed by atoms with Crippen molar-refractivity contribution in [2.75, 3.05) is 13.7 Å². The fraction of sp³-hybridized carbons (Fsp3) is 0.538. The van der Waals surface area contributed by atoms with Gasteiger partial charge in [0, 0.05) is 19.2 Å². The van der Waals surface area contributed by atoms with Gasteiger partial charge in [-0.1, -0.05) is 19.1 Å². The molecular weight excluding hydrogens is 202 g/mol. The Bertz CT molecular complexity index is 302. The van der Waals surface area contributed by atoms with Crippen molar-refractivity contribution in [3.8, 4) is 5.75 Å². The Labute approximate surface area is 97.4 Å². The quantitative estimate of drug-likeness (QED) is 0.742. The molecule has 0 aliphatic carbocycles. The van der Waals surface area contributed by atoms with E-state index in [9.17, 15) is 0 Å². The predicted molar refractivity (Wildman–Crippen MR) is 65.6 cm³/mol. The first kappa shape index (κ1) is 13.0. The molecule has 0 saturated heterocycles. The van der Waals surface area contributed by atoms with Crippen LogP contribution in [0.5, 0.6) is 5.75 Å². The smallest absolute Gasteiger partial charge is 0.119 e. The van der Waals surface area contributed by atoms with Crippen LogP contribution in [0.1, 0.15) is 25.3 Å². The van der Waals surface area contributed by atoms with Gasteiger partial charge in [-0.3, -0.25) is 0 Å². The highest BCUT2D eigenvalue weighted by molar-refractivity contribution is 5.28. The summed E-state index contributed by atoms with van der Waals surface area (Å²) in [6.45, 7) is 3.18. The molecule has 0 heterocycles. The Balaban J connectivity index is 2.46. The molecule has 16 heavy (non-hydrogen) atoms. The number of aliphatic hydroxyl groups is 1. The zero-order valence-electron chi connectivity index (χ0n) is 10.1. The van der Waals surface area contributed by atoms with E-state index in [1.165, 1.54) is 5.56 Å². The van der Waals surface area contributed by atoms with Gasteiger partial charge in [-0.15, -0.1) is 0 Å². The third-order valence-corrected chi connectivity index (χ3v) is 2.70. The predicted octanol–water partition coefficient (Wildman–Crippen LogP) is 1.95. The maximum Gasteiger partial charge on any atom is 0.119 e. The first-order valence-corrected chi connectivity index (χ1v) is 5.77. The van der Waals surface area contributed by atoms with E-state index in [1.807, 2.05) is 18.2 Å². The van der Waals surface area contributed by atoms with E-state index in [2.05, 4.69) is 18.3 Å². The van der Waals surface area contributed by atoms with Crippen LogP contribution >= 0.6 is 0 Å². The molecule has 1 atom stereocenters. The van der Waals surface area contributed by atoms with Crippen molar-refractivity contribution in [2.45, 2.75) is 32.4 Å². The number of hydrogen-bond donors (Lipinski definition) is 2. The Morgan fingerprint density at radius 1 is 1.44 bits per heavy atom. The first-order chi connectivity index (χ1) is 7.80. The summed E-state index contributed by atoms with van der Waals surface area (Å²) in [6, 6.07) is 8.41. The minimum atomic E-state index is 0.240. The summed E-state index contributed by atoms with van der Waals surface area (Å²) in [5.74, 6) is 0.884. The Morgan fingerprint density at radius 2 is 2.25 bits per heavy atom. The molecule has 0 aliphatic heterocycles. The number of hydrogen-bond acceptors (Lipinski definition) is 3. The molecular formula is C13H21NO2. The Kier molecular flexibility index (Phi) is 5.90. The minimum absolute atomic E-state index is 0.240. The lowest BCUT2D eigenvalue weighted by molar-refractivity contribution is 0.262. The van der Waals surface area contributed by atoms with E-state index in [-0.39, 0.29) is 6.61 Å². The maximum absolute atomic E-state index is 8.89. The number of nitrogens with one attached hydrogen (secondary N) is 1. The van der Waals surface area contributed by atoms with Crippen molar-refractivity contribution in [2.24, 2.45) is 0 Å². The van der Waals surface area contributed by atoms with Crippen molar-refractivity contribution in [1.82, 2.24) is 5.32 Å². The second-order valence-corrected chi connectivity index (χ2v) is 3.85. The average Bonchev–Trinajstić information content (AvgIpc) is 2.34. The normalized spacial score (nSPS) is 12.4. The van der Waals surface area contributed by atoms with E-state index < -0.39 is 0 Å². The van der Waals surface area contributed by atoms with Gasteiger partial charge in [0.1, 0.15) is 5.75 Å². The maximum atomic E-state index is 8.89.